The van der Waals surface area contributed by atoms with Crippen LogP contribution in [0.3, 0.4) is 0 Å². The molecule has 2 saturated heterocycles. The van der Waals surface area contributed by atoms with Gasteiger partial charge in [-0.25, -0.2) is 0 Å². The molecule has 2 radical (unpaired) electrons. The fraction of sp³-hybridized carbons (Fsp3) is 0.500. The number of ether oxygens (including phenoxy) is 1. The minimum absolute atomic E-state index is 0.190. The van der Waals surface area contributed by atoms with Gasteiger partial charge in [0.05, 0.1) is 0 Å². The molecule has 24 heavy (non-hydrogen) atoms. The van der Waals surface area contributed by atoms with Gasteiger partial charge in [0.25, 0.3) is 0 Å². The first-order valence-electron chi connectivity index (χ1n) is 6.80. The summed E-state index contributed by atoms with van der Waals surface area (Å²) in [5.41, 5.74) is 6.43. The van der Waals surface area contributed by atoms with Crippen molar-refractivity contribution >= 4 is 49.9 Å². The maximum absolute atomic E-state index is 11.7. The van der Waals surface area contributed by atoms with E-state index in [4.69, 9.17) is 19.9 Å². The third kappa shape index (κ3) is 2.76. The fourth-order valence-corrected chi connectivity index (χ4v) is 6.62. The van der Waals surface area contributed by atoms with Crippen LogP contribution in [0.2, 0.25) is 0 Å². The average Bonchev–Trinajstić information content (AvgIpc) is 3.08. The normalized spacial score (nSPS) is 32.1. The van der Waals surface area contributed by atoms with Crippen molar-refractivity contribution in [2.45, 2.75) is 24.5 Å². The molecule has 2 fully saturated rings. The van der Waals surface area contributed by atoms with Crippen molar-refractivity contribution in [2.24, 2.45) is 0 Å². The molecule has 4 N–H and O–H groups in total. The molecule has 12 nitrogen and oxygen atoms in total. The van der Waals surface area contributed by atoms with E-state index < -0.39 is 57.5 Å². The Kier molecular flexibility index (Phi) is 4.32. The summed E-state index contributed by atoms with van der Waals surface area (Å²) in [6, 6.07) is 0. The number of aromatic nitrogens is 4. The van der Waals surface area contributed by atoms with E-state index in [1.165, 1.54) is 17.2 Å². The first kappa shape index (κ1) is 16.7. The Hall–Kier alpha value is -0.738. The molecule has 0 saturated carbocycles. The molecule has 0 aromatic carbocycles. The number of anilines is 1. The third-order valence-corrected chi connectivity index (χ3v) is 11.7. The maximum atomic E-state index is 11.7. The molecule has 0 spiro atoms. The molecule has 2 aliphatic heterocycles. The number of nitrogen functional groups attached to an aromatic ring is 1. The molecule has 2 aromatic rings. The molecule has 4 rings (SSSR count). The molecule has 2 aliphatic rings. The van der Waals surface area contributed by atoms with E-state index >= 15 is 0 Å². The Bertz CT molecular complexity index is 812. The van der Waals surface area contributed by atoms with Crippen LogP contribution in [0.1, 0.15) is 6.23 Å². The van der Waals surface area contributed by atoms with Gasteiger partial charge in [-0.2, -0.15) is 0 Å². The Morgan fingerprint density at radius 3 is 2.83 bits per heavy atom. The molecule has 0 bridgehead atoms. The zero-order valence-electron chi connectivity index (χ0n) is 11.9. The van der Waals surface area contributed by atoms with Crippen molar-refractivity contribution in [1.29, 1.82) is 0 Å². The Morgan fingerprint density at radius 1 is 1.33 bits per heavy atom. The van der Waals surface area contributed by atoms with Crippen LogP contribution in [0.15, 0.2) is 12.7 Å². The molecule has 4 atom stereocenters. The predicted octanol–water partition coefficient (Wildman–Crippen LogP) is -1.27. The first-order valence-corrected chi connectivity index (χ1v) is 11.4. The summed E-state index contributed by atoms with van der Waals surface area (Å²) in [5, 5.41) is 20.4. The molecule has 2 aromatic heterocycles. The fourth-order valence-electron chi connectivity index (χ4n) is 2.47. The number of nitrogens with zero attached hydrogens (tertiary/aromatic N) is 4. The van der Waals surface area contributed by atoms with Crippen LogP contribution in [0, 0.1) is 0 Å². The van der Waals surface area contributed by atoms with E-state index in [0.717, 1.165) is 0 Å². The van der Waals surface area contributed by atoms with Crippen molar-refractivity contribution in [1.82, 2.24) is 19.5 Å². The second-order valence-corrected chi connectivity index (χ2v) is 11.6. The van der Waals surface area contributed by atoms with Gasteiger partial charge in [-0.15, -0.1) is 0 Å². The standard InChI is InChI=1S/C10H14N5O7P.Pb/c11-8-5-9(13-2-12-8)15(3-14-5)10-7(17)6(16)4(22-10)1-21-23(18,19)20;/h2-4,6-7,10,16-17H,1H2,(H2,11,12,13)(H2,18,19,20);/q;+2/p-2/t4-,6-,7-,10-;/m1./s1. The van der Waals surface area contributed by atoms with E-state index in [-0.39, 0.29) is 12.4 Å². The molecular formula is C10H12N5O7PPb. The van der Waals surface area contributed by atoms with Gasteiger partial charge in [0, 0.05) is 0 Å². The minimum atomic E-state index is -3.46. The number of imidazole rings is 1. The van der Waals surface area contributed by atoms with Crippen LogP contribution in [0.5, 0.6) is 0 Å². The van der Waals surface area contributed by atoms with Crippen molar-refractivity contribution in [2.75, 3.05) is 12.3 Å². The Labute approximate surface area is 148 Å². The van der Waals surface area contributed by atoms with E-state index in [9.17, 15) is 14.8 Å². The number of nitrogens with two attached hydrogens (primary N) is 1. The Balaban J connectivity index is 1.55. The van der Waals surface area contributed by atoms with Crippen LogP contribution in [0.4, 0.5) is 5.82 Å². The number of rotatable bonds is 4. The first-order chi connectivity index (χ1) is 11.5. The van der Waals surface area contributed by atoms with Crippen LogP contribution < -0.4 is 5.73 Å². The number of hydrogen-bond donors (Lipinski definition) is 3. The van der Waals surface area contributed by atoms with Crippen LogP contribution in [0.25, 0.3) is 11.2 Å². The molecule has 0 amide bonds. The van der Waals surface area contributed by atoms with Gasteiger partial charge >= 0.3 is 148 Å². The topological polar surface area (TPSA) is 164 Å². The summed E-state index contributed by atoms with van der Waals surface area (Å²) in [5.74, 6) is 0.190. The van der Waals surface area contributed by atoms with Gasteiger partial charge in [0.2, 0.25) is 0 Å². The van der Waals surface area contributed by atoms with Gasteiger partial charge in [-0.1, -0.05) is 0 Å². The number of phosphoric acid groups is 1. The van der Waals surface area contributed by atoms with Gasteiger partial charge in [0.1, 0.15) is 0 Å². The van der Waals surface area contributed by atoms with Crippen molar-refractivity contribution in [3.63, 3.8) is 0 Å². The summed E-state index contributed by atoms with van der Waals surface area (Å²) in [6.07, 6.45) is -1.77. The van der Waals surface area contributed by atoms with Gasteiger partial charge < -0.3 is 0 Å². The van der Waals surface area contributed by atoms with Crippen LogP contribution in [-0.2, 0) is 18.8 Å². The molecule has 4 heterocycles. The monoisotopic (exact) mass is 553 g/mol. The van der Waals surface area contributed by atoms with E-state index in [1.54, 1.807) is 0 Å². The van der Waals surface area contributed by atoms with Crippen LogP contribution in [-0.4, -0.2) is 79.8 Å². The van der Waals surface area contributed by atoms with Gasteiger partial charge in [0.15, 0.2) is 0 Å². The average molecular weight is 552 g/mol. The van der Waals surface area contributed by atoms with Crippen molar-refractivity contribution < 1.29 is 29.0 Å². The zero-order chi connectivity index (χ0) is 16.9. The van der Waals surface area contributed by atoms with Crippen molar-refractivity contribution in [3.05, 3.63) is 12.7 Å². The SMILES string of the molecule is Nc1ncnc2c1ncn2[C@@H]1O[C@H](COP2(=O)[O][Pb][O]2)[C@@H](O)[C@H]1O. The summed E-state index contributed by atoms with van der Waals surface area (Å²) in [4.78, 5) is 12.0. The summed E-state index contributed by atoms with van der Waals surface area (Å²) in [7, 11) is -3.46. The van der Waals surface area contributed by atoms with Crippen molar-refractivity contribution in [3.8, 4) is 0 Å². The third-order valence-electron chi connectivity index (χ3n) is 3.69. The second-order valence-electron chi connectivity index (χ2n) is 5.14. The predicted molar refractivity (Wildman–Crippen MR) is 77.1 cm³/mol. The molecule has 128 valence electrons. The number of fused-ring (bicyclic) bond motifs is 1. The zero-order valence-corrected chi connectivity index (χ0v) is 16.7. The van der Waals surface area contributed by atoms with Gasteiger partial charge in [-0.05, 0) is 0 Å². The molecule has 0 aliphatic carbocycles. The summed E-state index contributed by atoms with van der Waals surface area (Å²) >= 11 is -1.66. The van der Waals surface area contributed by atoms with E-state index in [0.29, 0.717) is 11.2 Å². The number of aliphatic hydroxyl groups excluding tert-OH is 2. The Morgan fingerprint density at radius 2 is 2.12 bits per heavy atom. The molecule has 14 heteroatoms. The van der Waals surface area contributed by atoms with Crippen LogP contribution >= 0.6 is 7.82 Å². The van der Waals surface area contributed by atoms with Gasteiger partial charge in [-0.3, -0.25) is 0 Å². The van der Waals surface area contributed by atoms with E-state index in [2.05, 4.69) is 15.0 Å². The molecular weight excluding hydrogens is 540 g/mol. The quantitative estimate of drug-likeness (QED) is 0.306. The van der Waals surface area contributed by atoms with E-state index in [1.807, 2.05) is 0 Å². The number of hydrogen-bond acceptors (Lipinski definition) is 11. The number of aliphatic hydroxyl groups is 2. The summed E-state index contributed by atoms with van der Waals surface area (Å²) in [6.45, 7) is -0.251. The second kappa shape index (κ2) is 6.21. The summed E-state index contributed by atoms with van der Waals surface area (Å²) < 4.78 is 33.5. The molecule has 0 unspecified atom stereocenters.